The Morgan fingerprint density at radius 3 is 2.53 bits per heavy atom. The molecule has 0 bridgehead atoms. The van der Waals surface area contributed by atoms with Gasteiger partial charge >= 0.3 is 6.18 Å². The molecule has 17 heavy (non-hydrogen) atoms. The first kappa shape index (κ1) is 11.6. The molecule has 0 fully saturated rings. The second kappa shape index (κ2) is 4.18. The Morgan fingerprint density at radius 1 is 1.24 bits per heavy atom. The van der Waals surface area contributed by atoms with Gasteiger partial charge in [-0.05, 0) is 6.07 Å². The Bertz CT molecular complexity index is 581. The zero-order valence-corrected chi connectivity index (χ0v) is 9.14. The summed E-state index contributed by atoms with van der Waals surface area (Å²) >= 11 is 0.877. The summed E-state index contributed by atoms with van der Waals surface area (Å²) in [4.78, 5) is 3.50. The molecule has 0 amide bonds. The number of rotatable bonds is 1. The van der Waals surface area contributed by atoms with Crippen LogP contribution in [0.2, 0.25) is 0 Å². The Balaban J connectivity index is 2.49. The summed E-state index contributed by atoms with van der Waals surface area (Å²) in [6.07, 6.45) is -4.45. The van der Waals surface area contributed by atoms with Crippen molar-refractivity contribution in [3.8, 4) is 16.6 Å². The van der Waals surface area contributed by atoms with Gasteiger partial charge in [0.2, 0.25) is 0 Å². The molecular weight excluding hydrogens is 249 g/mol. The second-order valence-corrected chi connectivity index (χ2v) is 4.05. The molecule has 0 aliphatic heterocycles. The number of halogens is 3. The average Bonchev–Trinajstić information content (AvgIpc) is 2.77. The molecule has 1 aromatic carbocycles. The summed E-state index contributed by atoms with van der Waals surface area (Å²) in [6, 6.07) is 8.36. The topological polar surface area (TPSA) is 36.7 Å². The number of thiazole rings is 1. The van der Waals surface area contributed by atoms with Crippen molar-refractivity contribution in [3.05, 3.63) is 40.9 Å². The Kier molecular flexibility index (Phi) is 2.86. The van der Waals surface area contributed by atoms with Crippen LogP contribution in [0.1, 0.15) is 11.3 Å². The van der Waals surface area contributed by atoms with Crippen molar-refractivity contribution in [2.45, 2.75) is 6.18 Å². The van der Waals surface area contributed by atoms with E-state index in [1.54, 1.807) is 24.3 Å². The van der Waals surface area contributed by atoms with Crippen LogP contribution in [-0.4, -0.2) is 4.98 Å². The van der Waals surface area contributed by atoms with Gasteiger partial charge in [-0.15, -0.1) is 11.3 Å². The van der Waals surface area contributed by atoms with E-state index in [9.17, 15) is 13.2 Å². The first-order valence-corrected chi connectivity index (χ1v) is 5.42. The highest BCUT2D eigenvalue weighted by Crippen LogP contribution is 2.34. The zero-order chi connectivity index (χ0) is 12.5. The molecule has 0 aliphatic rings. The van der Waals surface area contributed by atoms with Gasteiger partial charge in [-0.1, -0.05) is 18.2 Å². The summed E-state index contributed by atoms with van der Waals surface area (Å²) in [6.45, 7) is 0. The number of benzene rings is 1. The van der Waals surface area contributed by atoms with E-state index in [1.165, 1.54) is 0 Å². The van der Waals surface area contributed by atoms with Gasteiger partial charge in [0, 0.05) is 10.9 Å². The summed E-state index contributed by atoms with van der Waals surface area (Å²) in [7, 11) is 0. The van der Waals surface area contributed by atoms with Gasteiger partial charge in [0.25, 0.3) is 0 Å². The van der Waals surface area contributed by atoms with Crippen LogP contribution in [0.25, 0.3) is 10.6 Å². The van der Waals surface area contributed by atoms with Crippen LogP contribution in [-0.2, 0) is 6.18 Å². The van der Waals surface area contributed by atoms with Crippen molar-refractivity contribution >= 4 is 11.3 Å². The van der Waals surface area contributed by atoms with Crippen molar-refractivity contribution in [2.24, 2.45) is 0 Å². The van der Waals surface area contributed by atoms with Gasteiger partial charge in [0.05, 0.1) is 11.6 Å². The first-order valence-electron chi connectivity index (χ1n) is 4.54. The predicted molar refractivity (Wildman–Crippen MR) is 57.3 cm³/mol. The lowest BCUT2D eigenvalue weighted by atomic mass is 10.1. The maximum absolute atomic E-state index is 12.4. The van der Waals surface area contributed by atoms with E-state index in [2.05, 4.69) is 4.98 Å². The van der Waals surface area contributed by atoms with E-state index in [4.69, 9.17) is 5.26 Å². The summed E-state index contributed by atoms with van der Waals surface area (Å²) in [5, 5.41) is 10.0. The number of hydrogen-bond donors (Lipinski definition) is 0. The maximum Gasteiger partial charge on any atom is 0.434 e. The monoisotopic (exact) mass is 254 g/mol. The minimum atomic E-state index is -4.45. The lowest BCUT2D eigenvalue weighted by molar-refractivity contribution is -0.140. The van der Waals surface area contributed by atoms with Gasteiger partial charge in [-0.25, -0.2) is 4.98 Å². The van der Waals surface area contributed by atoms with Crippen LogP contribution in [0, 0.1) is 11.3 Å². The minimum Gasteiger partial charge on any atom is -0.232 e. The molecule has 86 valence electrons. The van der Waals surface area contributed by atoms with Crippen LogP contribution >= 0.6 is 11.3 Å². The molecule has 2 nitrogen and oxygen atoms in total. The van der Waals surface area contributed by atoms with Crippen LogP contribution in [0.15, 0.2) is 29.6 Å². The molecule has 1 aromatic heterocycles. The van der Waals surface area contributed by atoms with Gasteiger partial charge in [0.15, 0.2) is 5.69 Å². The quantitative estimate of drug-likeness (QED) is 0.778. The van der Waals surface area contributed by atoms with Crippen molar-refractivity contribution in [2.75, 3.05) is 0 Å². The molecule has 6 heteroatoms. The normalized spacial score (nSPS) is 11.2. The molecule has 0 radical (unpaired) electrons. The third-order valence-electron chi connectivity index (χ3n) is 2.07. The standard InChI is InChI=1S/C11H5F3N2S/c12-11(13,14)9-6-17-10(16-9)8-4-2-1-3-7(8)5-15/h1-4,6H. The first-order chi connectivity index (χ1) is 8.02. The van der Waals surface area contributed by atoms with E-state index >= 15 is 0 Å². The van der Waals surface area contributed by atoms with E-state index in [0.717, 1.165) is 16.7 Å². The lowest BCUT2D eigenvalue weighted by Crippen LogP contribution is -2.04. The van der Waals surface area contributed by atoms with Crippen LogP contribution in [0.4, 0.5) is 13.2 Å². The van der Waals surface area contributed by atoms with Crippen molar-refractivity contribution in [1.29, 1.82) is 5.26 Å². The third-order valence-corrected chi connectivity index (χ3v) is 2.95. The van der Waals surface area contributed by atoms with Crippen molar-refractivity contribution in [3.63, 3.8) is 0 Å². The molecule has 0 aliphatic carbocycles. The van der Waals surface area contributed by atoms with E-state index in [-0.39, 0.29) is 5.01 Å². The number of nitrogens with zero attached hydrogens (tertiary/aromatic N) is 2. The molecule has 0 spiro atoms. The van der Waals surface area contributed by atoms with E-state index in [1.807, 2.05) is 6.07 Å². The van der Waals surface area contributed by atoms with Crippen LogP contribution in [0.3, 0.4) is 0 Å². The smallest absolute Gasteiger partial charge is 0.232 e. The van der Waals surface area contributed by atoms with Gasteiger partial charge in [-0.2, -0.15) is 18.4 Å². The molecule has 1 heterocycles. The molecule has 0 saturated heterocycles. The molecule has 2 aromatic rings. The summed E-state index contributed by atoms with van der Waals surface area (Å²) in [5.74, 6) is 0. The molecule has 0 saturated carbocycles. The lowest BCUT2D eigenvalue weighted by Gasteiger charge is -2.01. The largest absolute Gasteiger partial charge is 0.434 e. The number of alkyl halides is 3. The fourth-order valence-corrected chi connectivity index (χ4v) is 2.16. The highest BCUT2D eigenvalue weighted by atomic mass is 32.1. The molecular formula is C11H5F3N2S. The Morgan fingerprint density at radius 2 is 1.94 bits per heavy atom. The Labute approximate surface area is 99.0 Å². The predicted octanol–water partition coefficient (Wildman–Crippen LogP) is 3.70. The van der Waals surface area contributed by atoms with Gasteiger partial charge in [0.1, 0.15) is 5.01 Å². The third kappa shape index (κ3) is 2.29. The zero-order valence-electron chi connectivity index (χ0n) is 8.32. The van der Waals surface area contributed by atoms with Crippen molar-refractivity contribution in [1.82, 2.24) is 4.98 Å². The molecule has 2 rings (SSSR count). The second-order valence-electron chi connectivity index (χ2n) is 3.19. The molecule has 0 unspecified atom stereocenters. The SMILES string of the molecule is N#Cc1ccccc1-c1nc(C(F)(F)F)cs1. The number of nitriles is 1. The fourth-order valence-electron chi connectivity index (χ4n) is 1.29. The summed E-state index contributed by atoms with van der Waals surface area (Å²) < 4.78 is 37.1. The number of hydrogen-bond acceptors (Lipinski definition) is 3. The van der Waals surface area contributed by atoms with Crippen LogP contribution < -0.4 is 0 Å². The minimum absolute atomic E-state index is 0.203. The summed E-state index contributed by atoms with van der Waals surface area (Å²) in [5.41, 5.74) is -0.184. The van der Waals surface area contributed by atoms with Gasteiger partial charge < -0.3 is 0 Å². The fraction of sp³-hybridized carbons (Fsp3) is 0.0909. The van der Waals surface area contributed by atoms with Crippen molar-refractivity contribution < 1.29 is 13.2 Å². The van der Waals surface area contributed by atoms with E-state index < -0.39 is 11.9 Å². The average molecular weight is 254 g/mol. The highest BCUT2D eigenvalue weighted by molar-refractivity contribution is 7.13. The van der Waals surface area contributed by atoms with E-state index in [0.29, 0.717) is 11.1 Å². The molecule has 0 atom stereocenters. The maximum atomic E-state index is 12.4. The van der Waals surface area contributed by atoms with Crippen LogP contribution in [0.5, 0.6) is 0 Å². The highest BCUT2D eigenvalue weighted by Gasteiger charge is 2.33. The number of aromatic nitrogens is 1. The van der Waals surface area contributed by atoms with Gasteiger partial charge in [-0.3, -0.25) is 0 Å². The Hall–Kier alpha value is -1.87. The molecule has 0 N–H and O–H groups in total.